The first-order valence-electron chi connectivity index (χ1n) is 7.09. The van der Waals surface area contributed by atoms with Crippen molar-refractivity contribution in [2.45, 2.75) is 13.5 Å². The molecule has 23 heavy (non-hydrogen) atoms. The van der Waals surface area contributed by atoms with Gasteiger partial charge in [0.15, 0.2) is 5.76 Å². The molecule has 0 saturated carbocycles. The van der Waals surface area contributed by atoms with Crippen LogP contribution in [0.3, 0.4) is 0 Å². The van der Waals surface area contributed by atoms with Gasteiger partial charge in [0.1, 0.15) is 17.6 Å². The summed E-state index contributed by atoms with van der Waals surface area (Å²) in [6.45, 7) is 2.44. The molecular weight excluding hydrogens is 292 g/mol. The first kappa shape index (κ1) is 14.6. The van der Waals surface area contributed by atoms with Gasteiger partial charge in [0.25, 0.3) is 5.56 Å². The maximum Gasteiger partial charge on any atom is 0.250 e. The Bertz CT molecular complexity index is 950. The number of nitrogens with two attached hydrogens (primary N) is 1. The average molecular weight is 306 g/mol. The zero-order valence-corrected chi connectivity index (χ0v) is 12.5. The van der Waals surface area contributed by atoms with E-state index in [0.29, 0.717) is 23.6 Å². The van der Waals surface area contributed by atoms with E-state index in [1.807, 2.05) is 13.0 Å². The molecule has 3 aromatic rings. The van der Waals surface area contributed by atoms with Gasteiger partial charge in [-0.05, 0) is 31.2 Å². The van der Waals surface area contributed by atoms with E-state index in [0.717, 1.165) is 5.56 Å². The number of hydrogen-bond donors (Lipinski definition) is 1. The van der Waals surface area contributed by atoms with Crippen LogP contribution in [0.25, 0.3) is 22.6 Å². The van der Waals surface area contributed by atoms with Crippen molar-refractivity contribution in [3.05, 3.63) is 58.7 Å². The molecule has 0 amide bonds. The minimum Gasteiger partial charge on any atom is -0.463 e. The molecule has 0 aromatic carbocycles. The molecule has 0 unspecified atom stereocenters. The van der Waals surface area contributed by atoms with Crippen LogP contribution >= 0.6 is 0 Å². The molecule has 3 rings (SSSR count). The minimum absolute atomic E-state index is 0.0836. The van der Waals surface area contributed by atoms with E-state index in [2.05, 4.69) is 4.98 Å². The van der Waals surface area contributed by atoms with Crippen molar-refractivity contribution in [2.75, 3.05) is 5.73 Å². The average Bonchev–Trinajstić information content (AvgIpc) is 3.09. The highest BCUT2D eigenvalue weighted by molar-refractivity contribution is 5.81. The quantitative estimate of drug-likeness (QED) is 0.802. The van der Waals surface area contributed by atoms with E-state index < -0.39 is 0 Å². The monoisotopic (exact) mass is 306 g/mol. The number of nitrogen functional groups attached to an aromatic ring is 1. The number of nitriles is 1. The maximum atomic E-state index is 11.8. The molecule has 0 aliphatic rings. The van der Waals surface area contributed by atoms with Crippen molar-refractivity contribution in [2.24, 2.45) is 0 Å². The van der Waals surface area contributed by atoms with E-state index in [1.54, 1.807) is 41.3 Å². The molecule has 0 saturated heterocycles. The molecule has 3 heterocycles. The smallest absolute Gasteiger partial charge is 0.250 e. The van der Waals surface area contributed by atoms with Crippen molar-refractivity contribution < 1.29 is 4.42 Å². The van der Waals surface area contributed by atoms with Crippen molar-refractivity contribution in [1.82, 2.24) is 9.55 Å². The van der Waals surface area contributed by atoms with Crippen LogP contribution in [0.1, 0.15) is 12.5 Å². The van der Waals surface area contributed by atoms with Crippen LogP contribution in [0.5, 0.6) is 0 Å². The Balaban J connectivity index is 2.29. The Morgan fingerprint density at radius 2 is 2.22 bits per heavy atom. The van der Waals surface area contributed by atoms with Gasteiger partial charge in [-0.1, -0.05) is 0 Å². The summed E-state index contributed by atoms with van der Waals surface area (Å²) < 4.78 is 7.01. The third-order valence-electron chi connectivity index (χ3n) is 3.56. The molecule has 2 N–H and O–H groups in total. The fraction of sp³-hybridized carbons (Fsp3) is 0.118. The Morgan fingerprint density at radius 1 is 1.39 bits per heavy atom. The van der Waals surface area contributed by atoms with Crippen molar-refractivity contribution in [3.8, 4) is 28.7 Å². The SMILES string of the molecule is CCn1cc(-c2cc(C#N)c(N)nc2-c2ccco2)ccc1=O. The van der Waals surface area contributed by atoms with Gasteiger partial charge in [0.05, 0.1) is 11.8 Å². The van der Waals surface area contributed by atoms with Gasteiger partial charge in [0.2, 0.25) is 0 Å². The minimum atomic E-state index is -0.0836. The number of furan rings is 1. The number of anilines is 1. The maximum absolute atomic E-state index is 11.8. The number of rotatable bonds is 3. The number of hydrogen-bond acceptors (Lipinski definition) is 5. The van der Waals surface area contributed by atoms with E-state index >= 15 is 0 Å². The largest absolute Gasteiger partial charge is 0.463 e. The summed E-state index contributed by atoms with van der Waals surface area (Å²) in [7, 11) is 0. The summed E-state index contributed by atoms with van der Waals surface area (Å²) in [5.74, 6) is 0.692. The Labute approximate surface area is 132 Å². The molecule has 0 spiro atoms. The van der Waals surface area contributed by atoms with Crippen LogP contribution in [-0.2, 0) is 6.54 Å². The van der Waals surface area contributed by atoms with Crippen LogP contribution in [0, 0.1) is 11.3 Å². The van der Waals surface area contributed by atoms with E-state index in [1.165, 1.54) is 6.07 Å². The zero-order valence-electron chi connectivity index (χ0n) is 12.5. The Hall–Kier alpha value is -3.33. The summed E-state index contributed by atoms with van der Waals surface area (Å²) in [6, 6.07) is 10.4. The van der Waals surface area contributed by atoms with E-state index in [-0.39, 0.29) is 16.9 Å². The van der Waals surface area contributed by atoms with Crippen LogP contribution in [0.2, 0.25) is 0 Å². The standard InChI is InChI=1S/C17H14N4O2/c1-2-21-10-11(5-6-15(21)22)13-8-12(9-18)17(19)20-16(13)14-4-3-7-23-14/h3-8,10H,2H2,1H3,(H2,19,20). The van der Waals surface area contributed by atoms with Crippen LogP contribution < -0.4 is 11.3 Å². The van der Waals surface area contributed by atoms with Gasteiger partial charge < -0.3 is 14.7 Å². The second kappa shape index (κ2) is 5.81. The molecule has 0 bridgehead atoms. The molecule has 3 aromatic heterocycles. The van der Waals surface area contributed by atoms with E-state index in [9.17, 15) is 10.1 Å². The number of pyridine rings is 2. The highest BCUT2D eigenvalue weighted by Crippen LogP contribution is 2.32. The highest BCUT2D eigenvalue weighted by atomic mass is 16.3. The van der Waals surface area contributed by atoms with Gasteiger partial charge >= 0.3 is 0 Å². The van der Waals surface area contributed by atoms with Crippen LogP contribution in [-0.4, -0.2) is 9.55 Å². The molecule has 0 aliphatic carbocycles. The van der Waals surface area contributed by atoms with Crippen LogP contribution in [0.15, 0.2) is 52.0 Å². The number of nitrogens with zero attached hydrogens (tertiary/aromatic N) is 3. The predicted molar refractivity (Wildman–Crippen MR) is 86.4 cm³/mol. The van der Waals surface area contributed by atoms with Gasteiger partial charge in [-0.2, -0.15) is 5.26 Å². The lowest BCUT2D eigenvalue weighted by molar-refractivity contribution is 0.580. The third kappa shape index (κ3) is 2.60. The van der Waals surface area contributed by atoms with Crippen LogP contribution in [0.4, 0.5) is 5.82 Å². The second-order valence-corrected chi connectivity index (χ2v) is 4.95. The van der Waals surface area contributed by atoms with E-state index in [4.69, 9.17) is 10.2 Å². The summed E-state index contributed by atoms with van der Waals surface area (Å²) >= 11 is 0. The van der Waals surface area contributed by atoms with Gasteiger partial charge in [-0.3, -0.25) is 4.79 Å². The summed E-state index contributed by atoms with van der Waals surface area (Å²) in [4.78, 5) is 16.1. The highest BCUT2D eigenvalue weighted by Gasteiger charge is 2.16. The molecule has 0 aliphatic heterocycles. The normalized spacial score (nSPS) is 10.4. The lowest BCUT2D eigenvalue weighted by Gasteiger charge is -2.11. The first-order chi connectivity index (χ1) is 11.1. The molecule has 114 valence electrons. The van der Waals surface area contributed by atoms with Crippen molar-refractivity contribution in [1.29, 1.82) is 5.26 Å². The molecular formula is C17H14N4O2. The molecule has 0 atom stereocenters. The fourth-order valence-electron chi connectivity index (χ4n) is 2.38. The zero-order chi connectivity index (χ0) is 16.4. The molecule has 0 radical (unpaired) electrons. The predicted octanol–water partition coefficient (Wildman–Crippen LogP) is 2.64. The number of aryl methyl sites for hydroxylation is 1. The molecule has 6 heteroatoms. The molecule has 0 fully saturated rings. The Morgan fingerprint density at radius 3 is 2.87 bits per heavy atom. The summed E-state index contributed by atoms with van der Waals surface area (Å²) in [6.07, 6.45) is 3.28. The summed E-state index contributed by atoms with van der Waals surface area (Å²) in [5.41, 5.74) is 8.02. The van der Waals surface area contributed by atoms with Gasteiger partial charge in [0, 0.05) is 29.9 Å². The topological polar surface area (TPSA) is 97.8 Å². The number of aromatic nitrogens is 2. The second-order valence-electron chi connectivity index (χ2n) is 4.95. The Kier molecular flexibility index (Phi) is 3.69. The summed E-state index contributed by atoms with van der Waals surface area (Å²) in [5, 5.41) is 9.21. The van der Waals surface area contributed by atoms with Crippen molar-refractivity contribution in [3.63, 3.8) is 0 Å². The fourth-order valence-corrected chi connectivity index (χ4v) is 2.38. The van der Waals surface area contributed by atoms with Crippen molar-refractivity contribution >= 4 is 5.82 Å². The van der Waals surface area contributed by atoms with Gasteiger partial charge in [-0.15, -0.1) is 0 Å². The molecule has 6 nitrogen and oxygen atoms in total. The van der Waals surface area contributed by atoms with Gasteiger partial charge in [-0.25, -0.2) is 4.98 Å². The lowest BCUT2D eigenvalue weighted by atomic mass is 10.0. The first-order valence-corrected chi connectivity index (χ1v) is 7.09. The lowest BCUT2D eigenvalue weighted by Crippen LogP contribution is -2.17. The third-order valence-corrected chi connectivity index (χ3v) is 3.56.